The second kappa shape index (κ2) is 15.7. The van der Waals surface area contributed by atoms with E-state index < -0.39 is 0 Å². The summed E-state index contributed by atoms with van der Waals surface area (Å²) in [6.07, 6.45) is 1.71. The van der Waals surface area contributed by atoms with Crippen LogP contribution in [-0.2, 0) is 24.4 Å². The SMILES string of the molecule is COCCOCCCOc1ccc(C(C)(C)c2ccc(OCCCOCCOC)cc2)cc1. The van der Waals surface area contributed by atoms with Crippen molar-refractivity contribution in [2.75, 3.05) is 67.1 Å². The second-order valence-corrected chi connectivity index (χ2v) is 8.29. The Balaban J connectivity index is 1.76. The van der Waals surface area contributed by atoms with Crippen LogP contribution in [0.4, 0.5) is 0 Å². The standard InChI is InChI=1S/C27H40O6/c1-27(2,23-7-11-25(12-8-23)32-17-5-15-30-21-19-28-3)24-9-13-26(14-10-24)33-18-6-16-31-22-20-29-4/h7-14H,5-6,15-22H2,1-4H3. The third-order valence-corrected chi connectivity index (χ3v) is 5.42. The van der Waals surface area contributed by atoms with E-state index in [2.05, 4.69) is 38.1 Å². The number of methoxy groups -OCH3 is 2. The summed E-state index contributed by atoms with van der Waals surface area (Å²) < 4.78 is 32.5. The van der Waals surface area contributed by atoms with E-state index >= 15 is 0 Å². The van der Waals surface area contributed by atoms with Gasteiger partial charge in [0.25, 0.3) is 0 Å². The Morgan fingerprint density at radius 2 is 0.909 bits per heavy atom. The van der Waals surface area contributed by atoms with Gasteiger partial charge in [-0.05, 0) is 35.4 Å². The number of hydrogen-bond acceptors (Lipinski definition) is 6. The molecular weight excluding hydrogens is 420 g/mol. The molecule has 0 aromatic heterocycles. The zero-order chi connectivity index (χ0) is 23.8. The van der Waals surface area contributed by atoms with Crippen molar-refractivity contribution in [3.63, 3.8) is 0 Å². The Kier molecular flexibility index (Phi) is 12.9. The molecular formula is C27H40O6. The molecule has 2 rings (SSSR count). The van der Waals surface area contributed by atoms with Crippen molar-refractivity contribution in [1.29, 1.82) is 0 Å². The van der Waals surface area contributed by atoms with Crippen LogP contribution < -0.4 is 9.47 Å². The van der Waals surface area contributed by atoms with Gasteiger partial charge in [0.1, 0.15) is 11.5 Å². The molecule has 2 aromatic rings. The summed E-state index contributed by atoms with van der Waals surface area (Å²) in [5.74, 6) is 1.75. The lowest BCUT2D eigenvalue weighted by atomic mass is 9.78. The first kappa shape index (κ1) is 27.1. The molecule has 0 heterocycles. The third-order valence-electron chi connectivity index (χ3n) is 5.42. The van der Waals surface area contributed by atoms with Crippen molar-refractivity contribution in [2.45, 2.75) is 32.1 Å². The smallest absolute Gasteiger partial charge is 0.119 e. The van der Waals surface area contributed by atoms with Gasteiger partial charge in [0, 0.05) is 45.7 Å². The minimum Gasteiger partial charge on any atom is -0.494 e. The van der Waals surface area contributed by atoms with Gasteiger partial charge in [0.05, 0.1) is 39.6 Å². The minimum atomic E-state index is -0.124. The first-order chi connectivity index (χ1) is 16.1. The number of ether oxygens (including phenoxy) is 6. The van der Waals surface area contributed by atoms with Crippen molar-refractivity contribution in [3.8, 4) is 11.5 Å². The predicted molar refractivity (Wildman–Crippen MR) is 131 cm³/mol. The lowest BCUT2D eigenvalue weighted by molar-refractivity contribution is 0.0644. The van der Waals surface area contributed by atoms with Crippen LogP contribution in [0.25, 0.3) is 0 Å². The minimum absolute atomic E-state index is 0.124. The molecule has 0 aliphatic rings. The maximum atomic E-state index is 5.83. The highest BCUT2D eigenvalue weighted by Gasteiger charge is 2.23. The zero-order valence-electron chi connectivity index (χ0n) is 20.6. The molecule has 0 fully saturated rings. The summed E-state index contributed by atoms with van der Waals surface area (Å²) in [6.45, 7) is 9.58. The molecule has 0 aliphatic heterocycles. The van der Waals surface area contributed by atoms with Crippen LogP contribution in [0, 0.1) is 0 Å². The van der Waals surface area contributed by atoms with E-state index in [0.717, 1.165) is 24.3 Å². The maximum absolute atomic E-state index is 5.83. The van der Waals surface area contributed by atoms with Gasteiger partial charge >= 0.3 is 0 Å². The van der Waals surface area contributed by atoms with Crippen LogP contribution >= 0.6 is 0 Å². The zero-order valence-corrected chi connectivity index (χ0v) is 20.6. The predicted octanol–water partition coefficient (Wildman–Crippen LogP) is 4.88. The molecule has 0 amide bonds. The first-order valence-electron chi connectivity index (χ1n) is 11.7. The monoisotopic (exact) mass is 460 g/mol. The molecule has 0 bridgehead atoms. The van der Waals surface area contributed by atoms with Gasteiger partial charge in [0.15, 0.2) is 0 Å². The van der Waals surface area contributed by atoms with Crippen LogP contribution in [0.1, 0.15) is 37.8 Å². The largest absolute Gasteiger partial charge is 0.494 e. The second-order valence-electron chi connectivity index (χ2n) is 8.29. The average Bonchev–Trinajstić information content (AvgIpc) is 2.83. The maximum Gasteiger partial charge on any atom is 0.119 e. The summed E-state index contributed by atoms with van der Waals surface area (Å²) in [6, 6.07) is 16.7. The molecule has 0 unspecified atom stereocenters. The van der Waals surface area contributed by atoms with Crippen molar-refractivity contribution in [1.82, 2.24) is 0 Å². The molecule has 6 nitrogen and oxygen atoms in total. The summed E-state index contributed by atoms with van der Waals surface area (Å²) in [4.78, 5) is 0. The van der Waals surface area contributed by atoms with Gasteiger partial charge in [-0.15, -0.1) is 0 Å². The van der Waals surface area contributed by atoms with Gasteiger partial charge in [-0.2, -0.15) is 0 Å². The van der Waals surface area contributed by atoms with E-state index in [-0.39, 0.29) is 5.41 Å². The number of rotatable bonds is 18. The van der Waals surface area contributed by atoms with Crippen molar-refractivity contribution in [3.05, 3.63) is 59.7 Å². The Bertz CT molecular complexity index is 679. The number of hydrogen-bond donors (Lipinski definition) is 0. The van der Waals surface area contributed by atoms with E-state index in [9.17, 15) is 0 Å². The molecule has 0 saturated carbocycles. The Hall–Kier alpha value is -2.12. The quantitative estimate of drug-likeness (QED) is 0.296. The summed E-state index contributed by atoms with van der Waals surface area (Å²) in [5.41, 5.74) is 2.35. The van der Waals surface area contributed by atoms with Crippen LogP contribution in [0.3, 0.4) is 0 Å². The topological polar surface area (TPSA) is 55.4 Å². The van der Waals surface area contributed by atoms with Crippen LogP contribution in [-0.4, -0.2) is 67.1 Å². The van der Waals surface area contributed by atoms with Gasteiger partial charge in [-0.3, -0.25) is 0 Å². The van der Waals surface area contributed by atoms with Gasteiger partial charge in [-0.25, -0.2) is 0 Å². The molecule has 0 N–H and O–H groups in total. The molecule has 0 atom stereocenters. The highest BCUT2D eigenvalue weighted by Crippen LogP contribution is 2.33. The molecule has 2 aromatic carbocycles. The Labute approximate surface area is 199 Å². The molecule has 0 spiro atoms. The highest BCUT2D eigenvalue weighted by molar-refractivity contribution is 5.41. The van der Waals surface area contributed by atoms with Gasteiger partial charge in [-0.1, -0.05) is 38.1 Å². The lowest BCUT2D eigenvalue weighted by Crippen LogP contribution is -2.18. The first-order valence-corrected chi connectivity index (χ1v) is 11.7. The molecule has 0 saturated heterocycles. The van der Waals surface area contributed by atoms with E-state index in [0.29, 0.717) is 52.9 Å². The highest BCUT2D eigenvalue weighted by atomic mass is 16.5. The normalized spacial score (nSPS) is 11.5. The Morgan fingerprint density at radius 1 is 0.515 bits per heavy atom. The molecule has 184 valence electrons. The number of benzene rings is 2. The van der Waals surface area contributed by atoms with Crippen molar-refractivity contribution in [2.24, 2.45) is 0 Å². The molecule has 0 radical (unpaired) electrons. The fourth-order valence-electron chi connectivity index (χ4n) is 3.29. The van der Waals surface area contributed by atoms with E-state index in [1.807, 2.05) is 24.3 Å². The van der Waals surface area contributed by atoms with E-state index in [1.54, 1.807) is 14.2 Å². The van der Waals surface area contributed by atoms with Crippen molar-refractivity contribution < 1.29 is 28.4 Å². The van der Waals surface area contributed by atoms with Gasteiger partial charge < -0.3 is 28.4 Å². The van der Waals surface area contributed by atoms with Crippen LogP contribution in [0.2, 0.25) is 0 Å². The van der Waals surface area contributed by atoms with E-state index in [1.165, 1.54) is 11.1 Å². The van der Waals surface area contributed by atoms with E-state index in [4.69, 9.17) is 28.4 Å². The van der Waals surface area contributed by atoms with Crippen LogP contribution in [0.5, 0.6) is 11.5 Å². The van der Waals surface area contributed by atoms with Crippen molar-refractivity contribution >= 4 is 0 Å². The van der Waals surface area contributed by atoms with Crippen LogP contribution in [0.15, 0.2) is 48.5 Å². The average molecular weight is 461 g/mol. The Morgan fingerprint density at radius 3 is 1.27 bits per heavy atom. The summed E-state index contributed by atoms with van der Waals surface area (Å²) in [7, 11) is 3.35. The molecule has 0 aliphatic carbocycles. The van der Waals surface area contributed by atoms with Gasteiger partial charge in [0.2, 0.25) is 0 Å². The summed E-state index contributed by atoms with van der Waals surface area (Å²) >= 11 is 0. The fourth-order valence-corrected chi connectivity index (χ4v) is 3.29. The molecule has 6 heteroatoms. The summed E-state index contributed by atoms with van der Waals surface area (Å²) in [5, 5.41) is 0. The third kappa shape index (κ3) is 10.1. The lowest BCUT2D eigenvalue weighted by Gasteiger charge is -2.26. The fraction of sp³-hybridized carbons (Fsp3) is 0.556. The molecule has 33 heavy (non-hydrogen) atoms.